The number of hydrogen-bond donors (Lipinski definition) is 2. The van der Waals surface area contributed by atoms with E-state index in [9.17, 15) is 14.4 Å². The van der Waals surface area contributed by atoms with Crippen molar-refractivity contribution in [3.05, 3.63) is 31.8 Å². The van der Waals surface area contributed by atoms with E-state index in [0.717, 1.165) is 4.57 Å². The average Bonchev–Trinajstić information content (AvgIpc) is 2.92. The molecule has 0 radical (unpaired) electrons. The molecule has 2 heterocycles. The van der Waals surface area contributed by atoms with Gasteiger partial charge in [-0.1, -0.05) is 11.3 Å². The number of hydrogen-bond acceptors (Lipinski definition) is 6. The molecule has 0 atom stereocenters. The van der Waals surface area contributed by atoms with Crippen molar-refractivity contribution in [1.29, 1.82) is 0 Å². The van der Waals surface area contributed by atoms with Crippen molar-refractivity contribution in [2.75, 3.05) is 5.32 Å². The van der Waals surface area contributed by atoms with Crippen molar-refractivity contribution in [2.45, 2.75) is 13.5 Å². The molecule has 100 valence electrons. The Bertz CT molecular complexity index is 672. The SMILES string of the molecule is Cc1c(C(=O)O)sc(=O)n1CC(=O)Nc1nccs1. The van der Waals surface area contributed by atoms with Gasteiger partial charge in [0.15, 0.2) is 5.13 Å². The third-order valence-electron chi connectivity index (χ3n) is 2.32. The largest absolute Gasteiger partial charge is 0.477 e. The van der Waals surface area contributed by atoms with Crippen LogP contribution in [0.5, 0.6) is 0 Å². The van der Waals surface area contributed by atoms with Crippen LogP contribution in [-0.4, -0.2) is 26.5 Å². The van der Waals surface area contributed by atoms with Gasteiger partial charge in [-0.25, -0.2) is 9.78 Å². The lowest BCUT2D eigenvalue weighted by Crippen LogP contribution is -2.25. The summed E-state index contributed by atoms with van der Waals surface area (Å²) < 4.78 is 1.14. The highest BCUT2D eigenvalue weighted by Crippen LogP contribution is 2.13. The Morgan fingerprint density at radius 2 is 2.26 bits per heavy atom. The number of carboxylic acid groups (broad SMARTS) is 1. The van der Waals surface area contributed by atoms with Crippen molar-refractivity contribution in [1.82, 2.24) is 9.55 Å². The van der Waals surface area contributed by atoms with E-state index in [1.807, 2.05) is 0 Å². The van der Waals surface area contributed by atoms with E-state index >= 15 is 0 Å². The van der Waals surface area contributed by atoms with Gasteiger partial charge in [-0.3, -0.25) is 14.2 Å². The summed E-state index contributed by atoms with van der Waals surface area (Å²) >= 11 is 1.87. The summed E-state index contributed by atoms with van der Waals surface area (Å²) in [5.74, 6) is -1.59. The molecular weight excluding hydrogens is 290 g/mol. The number of carbonyl (C=O) groups excluding carboxylic acids is 1. The minimum Gasteiger partial charge on any atom is -0.477 e. The first-order valence-electron chi connectivity index (χ1n) is 5.12. The molecule has 0 aliphatic heterocycles. The number of thiazole rings is 2. The summed E-state index contributed by atoms with van der Waals surface area (Å²) in [5, 5.41) is 13.6. The summed E-state index contributed by atoms with van der Waals surface area (Å²) in [6.45, 7) is 1.27. The summed E-state index contributed by atoms with van der Waals surface area (Å²) in [6, 6.07) is 0. The van der Waals surface area contributed by atoms with Crippen LogP contribution in [0.1, 0.15) is 15.4 Å². The fourth-order valence-electron chi connectivity index (χ4n) is 1.44. The van der Waals surface area contributed by atoms with Gasteiger partial charge in [0.25, 0.3) is 0 Å². The Morgan fingerprint density at radius 3 is 2.79 bits per heavy atom. The van der Waals surface area contributed by atoms with Crippen LogP contribution in [0.3, 0.4) is 0 Å². The van der Waals surface area contributed by atoms with Gasteiger partial charge in [0.2, 0.25) is 5.91 Å². The number of anilines is 1. The smallest absolute Gasteiger partial charge is 0.347 e. The van der Waals surface area contributed by atoms with E-state index in [1.165, 1.54) is 18.3 Å². The maximum absolute atomic E-state index is 11.7. The molecule has 1 amide bonds. The molecule has 9 heteroatoms. The van der Waals surface area contributed by atoms with Gasteiger partial charge in [-0.2, -0.15) is 0 Å². The molecule has 2 aromatic heterocycles. The first-order valence-corrected chi connectivity index (χ1v) is 6.81. The number of aromatic nitrogens is 2. The van der Waals surface area contributed by atoms with Gasteiger partial charge < -0.3 is 10.4 Å². The van der Waals surface area contributed by atoms with E-state index in [4.69, 9.17) is 5.11 Å². The maximum Gasteiger partial charge on any atom is 0.347 e. The molecule has 0 aliphatic carbocycles. The minimum absolute atomic E-state index is 0.0490. The lowest BCUT2D eigenvalue weighted by molar-refractivity contribution is -0.116. The second-order valence-corrected chi connectivity index (χ2v) is 5.42. The van der Waals surface area contributed by atoms with Crippen LogP contribution in [-0.2, 0) is 11.3 Å². The van der Waals surface area contributed by atoms with Gasteiger partial charge in [-0.05, 0) is 6.92 Å². The van der Waals surface area contributed by atoms with Crippen LogP contribution in [0.4, 0.5) is 5.13 Å². The second-order valence-electron chi connectivity index (χ2n) is 3.56. The minimum atomic E-state index is -1.17. The van der Waals surface area contributed by atoms with Crippen LogP contribution in [0.2, 0.25) is 0 Å². The molecule has 19 heavy (non-hydrogen) atoms. The average molecular weight is 299 g/mol. The van der Waals surface area contributed by atoms with Gasteiger partial charge in [0.05, 0.1) is 0 Å². The van der Waals surface area contributed by atoms with Crippen molar-refractivity contribution < 1.29 is 14.7 Å². The first kappa shape index (κ1) is 13.4. The molecule has 0 aromatic carbocycles. The third-order valence-corrected chi connectivity index (χ3v) is 4.08. The molecule has 2 N–H and O–H groups in total. The van der Waals surface area contributed by atoms with Crippen molar-refractivity contribution in [3.8, 4) is 0 Å². The number of aromatic carboxylic acids is 1. The van der Waals surface area contributed by atoms with Gasteiger partial charge >= 0.3 is 10.8 Å². The highest BCUT2D eigenvalue weighted by molar-refractivity contribution is 7.13. The standard InChI is InChI=1S/C10H9N3O4S2/c1-5-7(8(15)16)19-10(17)13(5)4-6(14)12-9-11-2-3-18-9/h2-3H,4H2,1H3,(H,15,16)(H,11,12,14). The van der Waals surface area contributed by atoms with Gasteiger partial charge in [0.1, 0.15) is 11.4 Å². The van der Waals surface area contributed by atoms with E-state index in [2.05, 4.69) is 10.3 Å². The van der Waals surface area contributed by atoms with Crippen LogP contribution >= 0.6 is 22.7 Å². The highest BCUT2D eigenvalue weighted by Gasteiger charge is 2.18. The van der Waals surface area contributed by atoms with Crippen LogP contribution in [0.15, 0.2) is 16.4 Å². The lowest BCUT2D eigenvalue weighted by Gasteiger charge is -2.04. The maximum atomic E-state index is 11.7. The number of carbonyl (C=O) groups is 2. The number of nitrogens with one attached hydrogen (secondary N) is 1. The summed E-state index contributed by atoms with van der Waals surface area (Å²) in [5.41, 5.74) is 0.275. The van der Waals surface area contributed by atoms with Crippen LogP contribution < -0.4 is 10.2 Å². The zero-order valence-electron chi connectivity index (χ0n) is 9.74. The molecule has 0 fully saturated rings. The molecule has 0 spiro atoms. The Hall–Kier alpha value is -2.00. The number of rotatable bonds is 4. The van der Waals surface area contributed by atoms with Crippen LogP contribution in [0, 0.1) is 6.92 Å². The van der Waals surface area contributed by atoms with Crippen LogP contribution in [0.25, 0.3) is 0 Å². The number of amides is 1. The molecule has 7 nitrogen and oxygen atoms in total. The van der Waals surface area contributed by atoms with Crippen molar-refractivity contribution >= 4 is 39.7 Å². The van der Waals surface area contributed by atoms with E-state index in [-0.39, 0.29) is 17.1 Å². The molecule has 0 unspecified atom stereocenters. The predicted molar refractivity (Wildman–Crippen MR) is 71.0 cm³/mol. The summed E-state index contributed by atoms with van der Waals surface area (Å²) in [7, 11) is 0. The predicted octanol–water partition coefficient (Wildman–Crippen LogP) is 1.01. The fourth-order valence-corrected chi connectivity index (χ4v) is 2.82. The molecule has 2 aromatic rings. The van der Waals surface area contributed by atoms with Gasteiger partial charge in [0, 0.05) is 17.3 Å². The highest BCUT2D eigenvalue weighted by atomic mass is 32.1. The van der Waals surface area contributed by atoms with E-state index in [0.29, 0.717) is 16.5 Å². The molecule has 0 saturated heterocycles. The zero-order chi connectivity index (χ0) is 14.0. The molecule has 0 bridgehead atoms. The number of nitrogens with zero attached hydrogens (tertiary/aromatic N) is 2. The molecule has 0 aliphatic rings. The Kier molecular flexibility index (Phi) is 3.76. The normalized spacial score (nSPS) is 10.4. The van der Waals surface area contributed by atoms with Crippen molar-refractivity contribution in [2.24, 2.45) is 0 Å². The first-order chi connectivity index (χ1) is 8.99. The lowest BCUT2D eigenvalue weighted by atomic mass is 10.4. The third kappa shape index (κ3) is 2.88. The summed E-state index contributed by atoms with van der Waals surface area (Å²) in [4.78, 5) is 37.6. The Labute approximate surface area is 115 Å². The molecule has 0 saturated carbocycles. The second kappa shape index (κ2) is 5.33. The topological polar surface area (TPSA) is 101 Å². The molecule has 2 rings (SSSR count). The zero-order valence-corrected chi connectivity index (χ0v) is 11.4. The fraction of sp³-hybridized carbons (Fsp3) is 0.200. The Balaban J connectivity index is 2.17. The Morgan fingerprint density at radius 1 is 1.53 bits per heavy atom. The quantitative estimate of drug-likeness (QED) is 0.877. The van der Waals surface area contributed by atoms with E-state index in [1.54, 1.807) is 11.6 Å². The van der Waals surface area contributed by atoms with Crippen molar-refractivity contribution in [3.63, 3.8) is 0 Å². The molecular formula is C10H9N3O4S2. The van der Waals surface area contributed by atoms with Gasteiger partial charge in [-0.15, -0.1) is 11.3 Å². The number of carboxylic acids is 1. The van der Waals surface area contributed by atoms with E-state index < -0.39 is 16.7 Å². The summed E-state index contributed by atoms with van der Waals surface area (Å²) in [6.07, 6.45) is 1.55. The monoisotopic (exact) mass is 299 g/mol.